The van der Waals surface area contributed by atoms with Crippen molar-refractivity contribution in [1.82, 2.24) is 19.9 Å². The first-order chi connectivity index (χ1) is 13.3. The molecule has 5 nitrogen and oxygen atoms in total. The van der Waals surface area contributed by atoms with Crippen LogP contribution in [0.2, 0.25) is 0 Å². The summed E-state index contributed by atoms with van der Waals surface area (Å²) in [7, 11) is 0. The average molecular weight is 377 g/mol. The van der Waals surface area contributed by atoms with Gasteiger partial charge in [0.05, 0.1) is 16.8 Å². The van der Waals surface area contributed by atoms with Gasteiger partial charge in [0.2, 0.25) is 0 Å². The SMILES string of the molecule is CCc1ncc(-c2cc(C(=O)N(CC)C(C)C)c3c(C)cc(C)cc3n2)cn1. The van der Waals surface area contributed by atoms with E-state index in [-0.39, 0.29) is 11.9 Å². The van der Waals surface area contributed by atoms with E-state index in [1.807, 2.05) is 58.6 Å². The van der Waals surface area contributed by atoms with Crippen LogP contribution in [-0.4, -0.2) is 38.3 Å². The molecule has 0 aliphatic heterocycles. The number of carbonyl (C=O) groups excluding carboxylic acids is 1. The molecular weight excluding hydrogens is 348 g/mol. The van der Waals surface area contributed by atoms with Crippen molar-refractivity contribution in [3.8, 4) is 11.3 Å². The summed E-state index contributed by atoms with van der Waals surface area (Å²) in [5.74, 6) is 0.827. The highest BCUT2D eigenvalue weighted by Crippen LogP contribution is 2.29. The Labute approximate surface area is 166 Å². The number of benzene rings is 1. The van der Waals surface area contributed by atoms with Gasteiger partial charge < -0.3 is 4.90 Å². The van der Waals surface area contributed by atoms with Gasteiger partial charge in [-0.2, -0.15) is 0 Å². The molecule has 1 amide bonds. The summed E-state index contributed by atoms with van der Waals surface area (Å²) < 4.78 is 0. The molecule has 5 heteroatoms. The van der Waals surface area contributed by atoms with Gasteiger partial charge in [0.1, 0.15) is 5.82 Å². The third-order valence-electron chi connectivity index (χ3n) is 5.02. The van der Waals surface area contributed by atoms with Gasteiger partial charge in [-0.1, -0.05) is 13.0 Å². The molecule has 0 atom stereocenters. The molecule has 3 rings (SSSR count). The monoisotopic (exact) mass is 376 g/mol. The molecule has 146 valence electrons. The highest BCUT2D eigenvalue weighted by atomic mass is 16.2. The molecule has 0 saturated heterocycles. The third kappa shape index (κ3) is 3.75. The van der Waals surface area contributed by atoms with E-state index >= 15 is 0 Å². The number of nitrogens with zero attached hydrogens (tertiary/aromatic N) is 4. The van der Waals surface area contributed by atoms with Gasteiger partial charge >= 0.3 is 0 Å². The Morgan fingerprint density at radius 1 is 1.07 bits per heavy atom. The van der Waals surface area contributed by atoms with Gasteiger partial charge in [0.25, 0.3) is 5.91 Å². The van der Waals surface area contributed by atoms with Crippen molar-refractivity contribution in [3.05, 3.63) is 53.1 Å². The topological polar surface area (TPSA) is 59.0 Å². The summed E-state index contributed by atoms with van der Waals surface area (Å²) in [6, 6.07) is 6.16. The average Bonchev–Trinajstić information content (AvgIpc) is 2.67. The second-order valence-electron chi connectivity index (χ2n) is 7.46. The maximum atomic E-state index is 13.4. The minimum absolute atomic E-state index is 0.0317. The quantitative estimate of drug-likeness (QED) is 0.645. The standard InChI is InChI=1S/C23H28N4O/c1-7-21-24-12-17(13-25-21)19-11-18(23(28)27(8-2)14(3)4)22-16(6)9-15(5)10-20(22)26-19/h9-14H,7-8H2,1-6H3. The summed E-state index contributed by atoms with van der Waals surface area (Å²) in [6.07, 6.45) is 4.36. The van der Waals surface area contributed by atoms with E-state index in [0.717, 1.165) is 45.5 Å². The van der Waals surface area contributed by atoms with Crippen LogP contribution in [0.15, 0.2) is 30.6 Å². The molecule has 0 radical (unpaired) electrons. The van der Waals surface area contributed by atoms with Gasteiger partial charge in [-0.05, 0) is 57.9 Å². The molecule has 28 heavy (non-hydrogen) atoms. The van der Waals surface area contributed by atoms with Crippen molar-refractivity contribution in [2.24, 2.45) is 0 Å². The molecular formula is C23H28N4O. The van der Waals surface area contributed by atoms with Crippen LogP contribution in [-0.2, 0) is 6.42 Å². The van der Waals surface area contributed by atoms with Crippen molar-refractivity contribution in [1.29, 1.82) is 0 Å². The zero-order valence-electron chi connectivity index (χ0n) is 17.6. The maximum absolute atomic E-state index is 13.4. The third-order valence-corrected chi connectivity index (χ3v) is 5.02. The van der Waals surface area contributed by atoms with Crippen LogP contribution in [0.25, 0.3) is 22.2 Å². The number of rotatable bonds is 5. The Morgan fingerprint density at radius 3 is 2.32 bits per heavy atom. The smallest absolute Gasteiger partial charge is 0.254 e. The summed E-state index contributed by atoms with van der Waals surface area (Å²) in [6.45, 7) is 12.9. The number of aryl methyl sites for hydroxylation is 3. The lowest BCUT2D eigenvalue weighted by atomic mass is 9.98. The molecule has 0 bridgehead atoms. The fourth-order valence-corrected chi connectivity index (χ4v) is 3.64. The summed E-state index contributed by atoms with van der Waals surface area (Å²) >= 11 is 0. The zero-order valence-corrected chi connectivity index (χ0v) is 17.6. The van der Waals surface area contributed by atoms with Gasteiger partial charge in [0, 0.05) is 42.4 Å². The van der Waals surface area contributed by atoms with Crippen molar-refractivity contribution in [3.63, 3.8) is 0 Å². The van der Waals surface area contributed by atoms with Crippen LogP contribution in [0.5, 0.6) is 0 Å². The molecule has 2 heterocycles. The molecule has 0 aliphatic carbocycles. The van der Waals surface area contributed by atoms with E-state index in [1.54, 1.807) is 12.4 Å². The van der Waals surface area contributed by atoms with Crippen LogP contribution in [0.3, 0.4) is 0 Å². The number of fused-ring (bicyclic) bond motifs is 1. The Balaban J connectivity index is 2.26. The molecule has 0 saturated carbocycles. The molecule has 0 fully saturated rings. The van der Waals surface area contributed by atoms with E-state index in [2.05, 4.69) is 16.0 Å². The van der Waals surface area contributed by atoms with E-state index in [4.69, 9.17) is 4.98 Å². The van der Waals surface area contributed by atoms with Crippen molar-refractivity contribution >= 4 is 16.8 Å². The highest BCUT2D eigenvalue weighted by Gasteiger charge is 2.22. The zero-order chi connectivity index (χ0) is 20.4. The largest absolute Gasteiger partial charge is 0.336 e. The van der Waals surface area contributed by atoms with Gasteiger partial charge in [0.15, 0.2) is 0 Å². The summed E-state index contributed by atoms with van der Waals surface area (Å²) in [5, 5.41) is 0.921. The summed E-state index contributed by atoms with van der Waals surface area (Å²) in [5.41, 5.74) is 5.25. The predicted octanol–water partition coefficient (Wildman–Crippen LogP) is 4.74. The van der Waals surface area contributed by atoms with E-state index in [0.29, 0.717) is 12.1 Å². The van der Waals surface area contributed by atoms with E-state index in [1.165, 1.54) is 0 Å². The van der Waals surface area contributed by atoms with Crippen LogP contribution < -0.4 is 0 Å². The number of hydrogen-bond acceptors (Lipinski definition) is 4. The van der Waals surface area contributed by atoms with Gasteiger partial charge in [-0.3, -0.25) is 4.79 Å². The van der Waals surface area contributed by atoms with Crippen molar-refractivity contribution in [2.45, 2.75) is 54.0 Å². The predicted molar refractivity (Wildman–Crippen MR) is 113 cm³/mol. The molecule has 0 aliphatic rings. The minimum Gasteiger partial charge on any atom is -0.336 e. The van der Waals surface area contributed by atoms with Crippen LogP contribution in [0.4, 0.5) is 0 Å². The number of aromatic nitrogens is 3. The van der Waals surface area contributed by atoms with Gasteiger partial charge in [-0.15, -0.1) is 0 Å². The van der Waals surface area contributed by atoms with Crippen LogP contribution >= 0.6 is 0 Å². The number of carbonyl (C=O) groups is 1. The van der Waals surface area contributed by atoms with Crippen LogP contribution in [0.1, 0.15) is 55.0 Å². The Kier molecular flexibility index (Phi) is 5.73. The first-order valence-corrected chi connectivity index (χ1v) is 9.89. The number of amides is 1. The lowest BCUT2D eigenvalue weighted by Crippen LogP contribution is -2.36. The van der Waals surface area contributed by atoms with Crippen molar-refractivity contribution in [2.75, 3.05) is 6.54 Å². The minimum atomic E-state index is 0.0317. The maximum Gasteiger partial charge on any atom is 0.254 e. The number of hydrogen-bond donors (Lipinski definition) is 0. The van der Waals surface area contributed by atoms with Crippen molar-refractivity contribution < 1.29 is 4.79 Å². The Bertz CT molecular complexity index is 1010. The molecule has 0 unspecified atom stereocenters. The lowest BCUT2D eigenvalue weighted by Gasteiger charge is -2.26. The first kappa shape index (κ1) is 19.9. The van der Waals surface area contributed by atoms with Gasteiger partial charge in [-0.25, -0.2) is 15.0 Å². The second kappa shape index (κ2) is 8.05. The first-order valence-electron chi connectivity index (χ1n) is 9.89. The Morgan fingerprint density at radius 2 is 1.75 bits per heavy atom. The van der Waals surface area contributed by atoms with Crippen LogP contribution in [0, 0.1) is 13.8 Å². The highest BCUT2D eigenvalue weighted by molar-refractivity contribution is 6.08. The molecule has 3 aromatic rings. The normalized spacial score (nSPS) is 11.2. The summed E-state index contributed by atoms with van der Waals surface area (Å²) in [4.78, 5) is 28.9. The number of pyridine rings is 1. The van der Waals surface area contributed by atoms with E-state index < -0.39 is 0 Å². The fourth-order valence-electron chi connectivity index (χ4n) is 3.64. The molecule has 1 aromatic carbocycles. The molecule has 2 aromatic heterocycles. The second-order valence-corrected chi connectivity index (χ2v) is 7.46. The molecule has 0 N–H and O–H groups in total. The lowest BCUT2D eigenvalue weighted by molar-refractivity contribution is 0.0719. The van der Waals surface area contributed by atoms with E-state index in [9.17, 15) is 4.79 Å². The molecule has 0 spiro atoms. The Hall–Kier alpha value is -2.82. The fraction of sp³-hybridized carbons (Fsp3) is 0.391.